The highest BCUT2D eigenvalue weighted by Crippen LogP contribution is 2.25. The van der Waals surface area contributed by atoms with Gasteiger partial charge in [0.15, 0.2) is 6.29 Å². The molecule has 0 aromatic rings. The Hall–Kier alpha value is -0.160. The molecule has 4 nitrogen and oxygen atoms in total. The van der Waals surface area contributed by atoms with Crippen LogP contribution in [0.15, 0.2) is 0 Å². The first kappa shape index (κ1) is 9.92. The third-order valence-corrected chi connectivity index (χ3v) is 2.44. The summed E-state index contributed by atoms with van der Waals surface area (Å²) in [6.07, 6.45) is -2.60. The van der Waals surface area contributed by atoms with Gasteiger partial charge in [-0.05, 0) is 6.42 Å². The maximum atomic E-state index is 9.44. The molecule has 0 bridgehead atoms. The van der Waals surface area contributed by atoms with Crippen molar-refractivity contribution in [2.45, 2.75) is 44.9 Å². The van der Waals surface area contributed by atoms with E-state index in [9.17, 15) is 15.3 Å². The van der Waals surface area contributed by atoms with E-state index in [4.69, 9.17) is 4.74 Å². The second-order valence-electron chi connectivity index (χ2n) is 3.31. The summed E-state index contributed by atoms with van der Waals surface area (Å²) in [5, 5.41) is 28.1. The van der Waals surface area contributed by atoms with Crippen LogP contribution in [0.25, 0.3) is 0 Å². The summed E-state index contributed by atoms with van der Waals surface area (Å²) in [6.45, 7) is 3.48. The van der Waals surface area contributed by atoms with Gasteiger partial charge < -0.3 is 20.1 Å². The minimum absolute atomic E-state index is 0.428. The lowest BCUT2D eigenvalue weighted by Gasteiger charge is -2.38. The van der Waals surface area contributed by atoms with E-state index in [1.54, 1.807) is 6.92 Å². The Bertz CT molecular complexity index is 145. The molecule has 1 aliphatic rings. The highest BCUT2D eigenvalue weighted by molar-refractivity contribution is 4.85. The summed E-state index contributed by atoms with van der Waals surface area (Å²) < 4.78 is 5.08. The summed E-state index contributed by atoms with van der Waals surface area (Å²) in [6, 6.07) is 0. The SMILES string of the molecule is CCC1OC(O)C(C)C(O)C1O. The summed E-state index contributed by atoms with van der Waals surface area (Å²) in [5.74, 6) is -0.428. The molecule has 0 amide bonds. The van der Waals surface area contributed by atoms with Gasteiger partial charge >= 0.3 is 0 Å². The fourth-order valence-electron chi connectivity index (χ4n) is 1.42. The van der Waals surface area contributed by atoms with Crippen LogP contribution in [-0.4, -0.2) is 39.9 Å². The molecule has 4 heteroatoms. The average Bonchev–Trinajstić information content (AvgIpc) is 2.08. The van der Waals surface area contributed by atoms with E-state index in [0.29, 0.717) is 6.42 Å². The molecule has 1 fully saturated rings. The molecule has 0 aliphatic carbocycles. The van der Waals surface area contributed by atoms with Crippen molar-refractivity contribution in [3.05, 3.63) is 0 Å². The van der Waals surface area contributed by atoms with Gasteiger partial charge in [0, 0.05) is 5.92 Å². The molecule has 12 heavy (non-hydrogen) atoms. The van der Waals surface area contributed by atoms with Crippen molar-refractivity contribution in [1.29, 1.82) is 0 Å². The van der Waals surface area contributed by atoms with E-state index in [-0.39, 0.29) is 0 Å². The van der Waals surface area contributed by atoms with Gasteiger partial charge in [0.25, 0.3) is 0 Å². The predicted octanol–water partition coefficient (Wildman–Crippen LogP) is -0.528. The van der Waals surface area contributed by atoms with Crippen LogP contribution in [-0.2, 0) is 4.74 Å². The number of hydrogen-bond donors (Lipinski definition) is 3. The molecular weight excluding hydrogens is 160 g/mol. The van der Waals surface area contributed by atoms with Crippen LogP contribution in [0.2, 0.25) is 0 Å². The molecule has 1 saturated heterocycles. The number of hydrogen-bond acceptors (Lipinski definition) is 4. The van der Waals surface area contributed by atoms with Gasteiger partial charge in [-0.2, -0.15) is 0 Å². The summed E-state index contributed by atoms with van der Waals surface area (Å²) in [5.41, 5.74) is 0. The van der Waals surface area contributed by atoms with Gasteiger partial charge in [-0.25, -0.2) is 0 Å². The first-order valence-electron chi connectivity index (χ1n) is 4.27. The van der Waals surface area contributed by atoms with E-state index in [1.165, 1.54) is 0 Å². The van der Waals surface area contributed by atoms with Crippen molar-refractivity contribution in [3.8, 4) is 0 Å². The van der Waals surface area contributed by atoms with Crippen molar-refractivity contribution in [3.63, 3.8) is 0 Å². The fourth-order valence-corrected chi connectivity index (χ4v) is 1.42. The maximum absolute atomic E-state index is 9.44. The van der Waals surface area contributed by atoms with Crippen molar-refractivity contribution in [2.75, 3.05) is 0 Å². The third-order valence-electron chi connectivity index (χ3n) is 2.44. The van der Waals surface area contributed by atoms with Crippen LogP contribution >= 0.6 is 0 Å². The number of ether oxygens (including phenoxy) is 1. The molecular formula is C8H16O4. The summed E-state index contributed by atoms with van der Waals surface area (Å²) in [4.78, 5) is 0. The lowest BCUT2D eigenvalue weighted by molar-refractivity contribution is -0.260. The summed E-state index contributed by atoms with van der Waals surface area (Å²) >= 11 is 0. The average molecular weight is 176 g/mol. The molecule has 0 saturated carbocycles. The topological polar surface area (TPSA) is 69.9 Å². The molecule has 72 valence electrons. The molecule has 5 unspecified atom stereocenters. The minimum atomic E-state index is -0.964. The quantitative estimate of drug-likeness (QED) is 0.502. The third kappa shape index (κ3) is 1.61. The Balaban J connectivity index is 2.63. The second kappa shape index (κ2) is 3.70. The van der Waals surface area contributed by atoms with E-state index in [0.717, 1.165) is 0 Å². The van der Waals surface area contributed by atoms with E-state index in [1.807, 2.05) is 6.92 Å². The highest BCUT2D eigenvalue weighted by Gasteiger charge is 2.40. The summed E-state index contributed by atoms with van der Waals surface area (Å²) in [7, 11) is 0. The monoisotopic (exact) mass is 176 g/mol. The predicted molar refractivity (Wildman–Crippen MR) is 42.3 cm³/mol. The standard InChI is InChI=1S/C8H16O4/c1-3-5-7(10)6(9)4(2)8(11)12-5/h4-11H,3H2,1-2H3. The first-order chi connectivity index (χ1) is 5.57. The van der Waals surface area contributed by atoms with E-state index in [2.05, 4.69) is 0 Å². The Morgan fingerprint density at radius 1 is 1.17 bits per heavy atom. The van der Waals surface area contributed by atoms with E-state index >= 15 is 0 Å². The Morgan fingerprint density at radius 3 is 2.25 bits per heavy atom. The number of aliphatic hydroxyl groups excluding tert-OH is 3. The van der Waals surface area contributed by atoms with Crippen LogP contribution in [0.4, 0.5) is 0 Å². The van der Waals surface area contributed by atoms with E-state index < -0.39 is 30.5 Å². The van der Waals surface area contributed by atoms with Crippen molar-refractivity contribution in [2.24, 2.45) is 5.92 Å². The second-order valence-corrected chi connectivity index (χ2v) is 3.31. The Kier molecular flexibility index (Phi) is 3.06. The molecule has 0 aromatic carbocycles. The van der Waals surface area contributed by atoms with Gasteiger partial charge in [-0.1, -0.05) is 13.8 Å². The zero-order chi connectivity index (χ0) is 9.30. The van der Waals surface area contributed by atoms with Gasteiger partial charge in [0.1, 0.15) is 6.10 Å². The van der Waals surface area contributed by atoms with Gasteiger partial charge in [0.2, 0.25) is 0 Å². The fraction of sp³-hybridized carbons (Fsp3) is 1.00. The molecule has 1 rings (SSSR count). The Morgan fingerprint density at radius 2 is 1.75 bits per heavy atom. The molecule has 1 heterocycles. The zero-order valence-corrected chi connectivity index (χ0v) is 7.34. The van der Waals surface area contributed by atoms with Crippen LogP contribution < -0.4 is 0 Å². The lowest BCUT2D eigenvalue weighted by atomic mass is 9.91. The van der Waals surface area contributed by atoms with Crippen molar-refractivity contribution >= 4 is 0 Å². The molecule has 5 atom stereocenters. The van der Waals surface area contributed by atoms with Crippen LogP contribution in [0.5, 0.6) is 0 Å². The van der Waals surface area contributed by atoms with Crippen LogP contribution in [0, 0.1) is 5.92 Å². The lowest BCUT2D eigenvalue weighted by Crippen LogP contribution is -2.53. The molecule has 0 spiro atoms. The molecule has 0 radical (unpaired) electrons. The first-order valence-corrected chi connectivity index (χ1v) is 4.27. The minimum Gasteiger partial charge on any atom is -0.390 e. The van der Waals surface area contributed by atoms with Gasteiger partial charge in [-0.15, -0.1) is 0 Å². The van der Waals surface area contributed by atoms with Gasteiger partial charge in [0.05, 0.1) is 12.2 Å². The number of rotatable bonds is 1. The zero-order valence-electron chi connectivity index (χ0n) is 7.34. The van der Waals surface area contributed by atoms with Crippen molar-refractivity contribution < 1.29 is 20.1 Å². The normalized spacial score (nSPS) is 49.2. The molecule has 0 aromatic heterocycles. The largest absolute Gasteiger partial charge is 0.390 e. The highest BCUT2D eigenvalue weighted by atomic mass is 16.6. The van der Waals surface area contributed by atoms with Crippen molar-refractivity contribution in [1.82, 2.24) is 0 Å². The van der Waals surface area contributed by atoms with Crippen LogP contribution in [0.3, 0.4) is 0 Å². The Labute approximate surface area is 71.8 Å². The van der Waals surface area contributed by atoms with Crippen LogP contribution in [0.1, 0.15) is 20.3 Å². The smallest absolute Gasteiger partial charge is 0.160 e. The maximum Gasteiger partial charge on any atom is 0.160 e. The molecule has 3 N–H and O–H groups in total. The number of aliphatic hydroxyl groups is 3. The van der Waals surface area contributed by atoms with Gasteiger partial charge in [-0.3, -0.25) is 0 Å². The molecule has 1 aliphatic heterocycles.